The number of fused-ring (bicyclic) bond motifs is 3. The van der Waals surface area contributed by atoms with Gasteiger partial charge in [0.15, 0.2) is 6.04 Å². The fraction of sp³-hybridized carbons (Fsp3) is 0.250. The van der Waals surface area contributed by atoms with Gasteiger partial charge in [-0.3, -0.25) is 0 Å². The Morgan fingerprint density at radius 3 is 2.08 bits per heavy atom. The molecule has 0 heterocycles. The summed E-state index contributed by atoms with van der Waals surface area (Å²) in [5, 5.41) is 12.1. The van der Waals surface area contributed by atoms with Crippen molar-refractivity contribution in [3.63, 3.8) is 0 Å². The van der Waals surface area contributed by atoms with Crippen LogP contribution in [0.3, 0.4) is 0 Å². The second kappa shape index (κ2) is 9.73. The Morgan fingerprint density at radius 2 is 1.56 bits per heavy atom. The molecule has 3 aromatic rings. The molecule has 0 fully saturated rings. The normalized spacial score (nSPS) is 13.3. The molecule has 0 aliphatic heterocycles. The van der Waals surface area contributed by atoms with Gasteiger partial charge in [-0.25, -0.2) is 14.4 Å². The van der Waals surface area contributed by atoms with E-state index in [-0.39, 0.29) is 29.3 Å². The summed E-state index contributed by atoms with van der Waals surface area (Å²) in [7, 11) is 0. The van der Waals surface area contributed by atoms with Crippen LogP contribution in [0.15, 0.2) is 66.7 Å². The molecule has 0 radical (unpaired) electrons. The summed E-state index contributed by atoms with van der Waals surface area (Å²) in [6.07, 6.45) is -0.889. The Hall–Kier alpha value is -4.33. The molecule has 0 saturated heterocycles. The number of aliphatic carboxylic acids is 1. The molecular formula is C28H28N2O6. The largest absolute Gasteiger partial charge is 0.479 e. The molecule has 4 N–H and O–H groups in total. The third-order valence-electron chi connectivity index (χ3n) is 5.89. The van der Waals surface area contributed by atoms with Gasteiger partial charge in [-0.15, -0.1) is 0 Å². The van der Waals surface area contributed by atoms with Crippen molar-refractivity contribution in [2.45, 2.75) is 38.3 Å². The lowest BCUT2D eigenvalue weighted by Gasteiger charge is -2.21. The van der Waals surface area contributed by atoms with Crippen molar-refractivity contribution >= 4 is 23.7 Å². The quantitative estimate of drug-likeness (QED) is 0.333. The molecular weight excluding hydrogens is 460 g/mol. The molecule has 8 nitrogen and oxygen atoms in total. The number of amides is 1. The number of nitrogens with one attached hydrogen (secondary N) is 1. The van der Waals surface area contributed by atoms with E-state index in [2.05, 4.69) is 5.32 Å². The van der Waals surface area contributed by atoms with Gasteiger partial charge in [0.25, 0.3) is 0 Å². The molecule has 4 rings (SSSR count). The molecule has 1 aliphatic rings. The molecule has 0 saturated carbocycles. The molecule has 0 aromatic heterocycles. The van der Waals surface area contributed by atoms with Crippen LogP contribution in [0, 0.1) is 0 Å². The van der Waals surface area contributed by atoms with Crippen LogP contribution in [0.1, 0.15) is 59.8 Å². The molecule has 1 unspecified atom stereocenters. The van der Waals surface area contributed by atoms with Crippen LogP contribution < -0.4 is 11.1 Å². The van der Waals surface area contributed by atoms with Crippen molar-refractivity contribution in [2.75, 3.05) is 12.3 Å². The van der Waals surface area contributed by atoms with E-state index >= 15 is 0 Å². The van der Waals surface area contributed by atoms with Crippen LogP contribution in [0.4, 0.5) is 10.5 Å². The van der Waals surface area contributed by atoms with E-state index in [0.29, 0.717) is 0 Å². The first-order valence-corrected chi connectivity index (χ1v) is 11.5. The van der Waals surface area contributed by atoms with Gasteiger partial charge in [0.2, 0.25) is 0 Å². The van der Waals surface area contributed by atoms with Gasteiger partial charge in [-0.2, -0.15) is 0 Å². The molecule has 186 valence electrons. The molecule has 0 bridgehead atoms. The van der Waals surface area contributed by atoms with E-state index < -0.39 is 29.7 Å². The van der Waals surface area contributed by atoms with E-state index in [1.54, 1.807) is 20.8 Å². The van der Waals surface area contributed by atoms with Crippen LogP contribution in [0.2, 0.25) is 0 Å². The third-order valence-corrected chi connectivity index (χ3v) is 5.89. The van der Waals surface area contributed by atoms with Crippen LogP contribution >= 0.6 is 0 Å². The van der Waals surface area contributed by atoms with Gasteiger partial charge < -0.3 is 25.6 Å². The zero-order valence-electron chi connectivity index (χ0n) is 20.3. The minimum atomic E-state index is -1.46. The minimum Gasteiger partial charge on any atom is -0.479 e. The number of carbonyl (C=O) groups is 3. The second-order valence-corrected chi connectivity index (χ2v) is 9.59. The molecule has 36 heavy (non-hydrogen) atoms. The van der Waals surface area contributed by atoms with Gasteiger partial charge in [0.05, 0.1) is 5.56 Å². The highest BCUT2D eigenvalue weighted by atomic mass is 16.6. The van der Waals surface area contributed by atoms with Crippen LogP contribution in [-0.4, -0.2) is 35.3 Å². The Balaban J connectivity index is 1.47. The average molecular weight is 489 g/mol. The Kier molecular flexibility index (Phi) is 6.70. The number of rotatable bonds is 6. The smallest absolute Gasteiger partial charge is 0.408 e. The van der Waals surface area contributed by atoms with Crippen LogP contribution in [0.25, 0.3) is 11.1 Å². The maximum atomic E-state index is 12.6. The van der Waals surface area contributed by atoms with Gasteiger partial charge in [-0.05, 0) is 55.2 Å². The average Bonchev–Trinajstić information content (AvgIpc) is 3.14. The lowest BCUT2D eigenvalue weighted by molar-refractivity contribution is -0.139. The topological polar surface area (TPSA) is 128 Å². The van der Waals surface area contributed by atoms with Crippen molar-refractivity contribution in [2.24, 2.45) is 0 Å². The highest BCUT2D eigenvalue weighted by Crippen LogP contribution is 2.44. The number of hydrogen-bond donors (Lipinski definition) is 3. The monoisotopic (exact) mass is 488 g/mol. The fourth-order valence-electron chi connectivity index (χ4n) is 4.33. The van der Waals surface area contributed by atoms with E-state index in [0.717, 1.165) is 22.3 Å². The SMILES string of the molecule is CC(C)(C)OC(=O)c1ccc(C(NC(=O)OCC2c3ccccc3-c3ccccc32)C(=O)O)c(N)c1. The Morgan fingerprint density at radius 1 is 0.972 bits per heavy atom. The van der Waals surface area contributed by atoms with Crippen molar-refractivity contribution in [3.8, 4) is 11.1 Å². The zero-order chi connectivity index (χ0) is 26.0. The zero-order valence-corrected chi connectivity index (χ0v) is 20.3. The van der Waals surface area contributed by atoms with Crippen LogP contribution in [-0.2, 0) is 14.3 Å². The number of hydrogen-bond acceptors (Lipinski definition) is 6. The molecule has 1 amide bonds. The number of anilines is 1. The fourth-order valence-corrected chi connectivity index (χ4v) is 4.33. The molecule has 8 heteroatoms. The summed E-state index contributed by atoms with van der Waals surface area (Å²) in [5.74, 6) is -2.07. The minimum absolute atomic E-state index is 0.0321. The first-order valence-electron chi connectivity index (χ1n) is 11.5. The summed E-state index contributed by atoms with van der Waals surface area (Å²) >= 11 is 0. The first kappa shape index (κ1) is 24.8. The maximum Gasteiger partial charge on any atom is 0.408 e. The number of carboxylic acids is 1. The number of benzene rings is 3. The number of nitrogen functional groups attached to an aromatic ring is 1. The van der Waals surface area contributed by atoms with Crippen LogP contribution in [0.5, 0.6) is 0 Å². The molecule has 1 atom stereocenters. The number of carboxylic acid groups (broad SMARTS) is 1. The standard InChI is InChI=1S/C28H28N2O6/c1-28(2,3)36-26(33)16-12-13-21(23(29)14-16)24(25(31)32)30-27(34)35-15-22-19-10-6-4-8-17(19)18-9-5-7-11-20(18)22/h4-14,22,24H,15,29H2,1-3H3,(H,30,34)(H,31,32). The summed E-state index contributed by atoms with van der Waals surface area (Å²) in [5.41, 5.74) is 9.96. The van der Waals surface area contributed by atoms with Gasteiger partial charge in [0, 0.05) is 17.2 Å². The summed E-state index contributed by atoms with van der Waals surface area (Å²) in [6.45, 7) is 5.25. The van der Waals surface area contributed by atoms with Gasteiger partial charge in [0.1, 0.15) is 12.2 Å². The molecule has 3 aromatic carbocycles. The maximum absolute atomic E-state index is 12.6. The number of carbonyl (C=O) groups excluding carboxylic acids is 2. The Labute approximate surface area is 209 Å². The highest BCUT2D eigenvalue weighted by Gasteiger charge is 2.30. The third kappa shape index (κ3) is 5.17. The highest BCUT2D eigenvalue weighted by molar-refractivity contribution is 5.92. The number of alkyl carbamates (subject to hydrolysis) is 1. The summed E-state index contributed by atoms with van der Waals surface area (Å²) < 4.78 is 10.8. The predicted octanol–water partition coefficient (Wildman–Crippen LogP) is 4.89. The van der Waals surface area contributed by atoms with Crippen molar-refractivity contribution in [1.29, 1.82) is 0 Å². The van der Waals surface area contributed by atoms with E-state index in [9.17, 15) is 19.5 Å². The number of esters is 1. The number of ether oxygens (including phenoxy) is 2. The van der Waals surface area contributed by atoms with E-state index in [1.165, 1.54) is 18.2 Å². The summed E-state index contributed by atoms with van der Waals surface area (Å²) in [6, 6.07) is 18.5. The van der Waals surface area contributed by atoms with Crippen molar-refractivity contribution < 1.29 is 29.0 Å². The first-order chi connectivity index (χ1) is 17.0. The van der Waals surface area contributed by atoms with E-state index in [1.807, 2.05) is 48.5 Å². The van der Waals surface area contributed by atoms with Gasteiger partial charge in [-0.1, -0.05) is 54.6 Å². The summed E-state index contributed by atoms with van der Waals surface area (Å²) in [4.78, 5) is 36.9. The predicted molar refractivity (Wildman–Crippen MR) is 135 cm³/mol. The van der Waals surface area contributed by atoms with Crippen molar-refractivity contribution in [3.05, 3.63) is 89.0 Å². The molecule has 1 aliphatic carbocycles. The van der Waals surface area contributed by atoms with Crippen molar-refractivity contribution in [1.82, 2.24) is 5.32 Å². The molecule has 0 spiro atoms. The lowest BCUT2D eigenvalue weighted by atomic mass is 9.98. The van der Waals surface area contributed by atoms with E-state index in [4.69, 9.17) is 15.2 Å². The lowest BCUT2D eigenvalue weighted by Crippen LogP contribution is -2.35. The van der Waals surface area contributed by atoms with Gasteiger partial charge >= 0.3 is 18.0 Å². The Bertz CT molecular complexity index is 1280. The second-order valence-electron chi connectivity index (χ2n) is 9.59. The number of nitrogens with two attached hydrogens (primary N) is 1.